The normalized spacial score (nSPS) is 21.0. The molecule has 0 bridgehead atoms. The van der Waals surface area contributed by atoms with E-state index >= 15 is 0 Å². The molecule has 3 heterocycles. The van der Waals surface area contributed by atoms with Gasteiger partial charge in [-0.05, 0) is 73.8 Å². The van der Waals surface area contributed by atoms with Gasteiger partial charge in [0.05, 0.1) is 5.54 Å². The van der Waals surface area contributed by atoms with Gasteiger partial charge in [0, 0.05) is 25.2 Å². The van der Waals surface area contributed by atoms with Crippen molar-refractivity contribution in [3.8, 4) is 0 Å². The van der Waals surface area contributed by atoms with Crippen molar-refractivity contribution in [2.24, 2.45) is 4.99 Å². The van der Waals surface area contributed by atoms with E-state index in [0.717, 1.165) is 31.2 Å². The third kappa shape index (κ3) is 4.29. The number of nitrogen functional groups attached to an aromatic ring is 2. The van der Waals surface area contributed by atoms with Crippen LogP contribution in [0.5, 0.6) is 0 Å². The minimum Gasteiger partial charge on any atom is -0.382 e. The standard InChI is InChI=1S/C26H29ClN8O2/c27-20-22(29)32-21(28)19(31-20)23(36)33-25-30-13-26(34-25)7-9-35(10-8-26)24(37)16-6-5-15-11-14-3-1-2-4-17(14)18(15)12-16/h5-6,12H,1-4,7-11,13H2,(H4,28,29,32)(H2,30,33,34,36). The van der Waals surface area contributed by atoms with E-state index in [9.17, 15) is 9.59 Å². The van der Waals surface area contributed by atoms with Crippen LogP contribution in [0.1, 0.15) is 70.5 Å². The van der Waals surface area contributed by atoms with Crippen LogP contribution in [0.4, 0.5) is 11.6 Å². The molecular weight excluding hydrogens is 492 g/mol. The molecule has 2 aliphatic carbocycles. The van der Waals surface area contributed by atoms with Crippen molar-refractivity contribution in [2.45, 2.75) is 50.5 Å². The molecule has 2 aliphatic heterocycles. The molecular formula is C26H29ClN8O2. The number of carbonyl (C=O) groups is 2. The zero-order valence-electron chi connectivity index (χ0n) is 20.4. The summed E-state index contributed by atoms with van der Waals surface area (Å²) in [5.74, 6) is -0.421. The number of nitrogens with zero attached hydrogens (tertiary/aromatic N) is 4. The molecule has 0 unspecified atom stereocenters. The molecule has 2 saturated heterocycles. The van der Waals surface area contributed by atoms with Crippen molar-refractivity contribution in [3.05, 3.63) is 51.3 Å². The number of aromatic nitrogens is 2. The molecule has 0 atom stereocenters. The van der Waals surface area contributed by atoms with E-state index in [1.165, 1.54) is 36.0 Å². The van der Waals surface area contributed by atoms with Crippen LogP contribution in [0.15, 0.2) is 28.8 Å². The van der Waals surface area contributed by atoms with E-state index in [1.807, 2.05) is 11.0 Å². The summed E-state index contributed by atoms with van der Waals surface area (Å²) < 4.78 is 0. The Labute approximate surface area is 219 Å². The van der Waals surface area contributed by atoms with Crippen LogP contribution in [0.25, 0.3) is 5.57 Å². The number of benzene rings is 1. The predicted octanol–water partition coefficient (Wildman–Crippen LogP) is 2.54. The quantitative estimate of drug-likeness (QED) is 0.471. The number of nitrogens with one attached hydrogen (secondary N) is 2. The maximum atomic E-state index is 13.4. The van der Waals surface area contributed by atoms with Crippen LogP contribution < -0.4 is 22.1 Å². The van der Waals surface area contributed by atoms with E-state index in [0.29, 0.717) is 25.6 Å². The van der Waals surface area contributed by atoms with Gasteiger partial charge < -0.3 is 27.0 Å². The second-order valence-corrected chi connectivity index (χ2v) is 10.6. The molecule has 1 spiro atoms. The fourth-order valence-corrected chi connectivity index (χ4v) is 6.02. The zero-order valence-corrected chi connectivity index (χ0v) is 21.2. The molecule has 2 aromatic rings. The Kier molecular flexibility index (Phi) is 5.78. The smallest absolute Gasteiger partial charge is 0.302 e. The highest BCUT2D eigenvalue weighted by Crippen LogP contribution is 2.42. The first-order valence-electron chi connectivity index (χ1n) is 12.7. The van der Waals surface area contributed by atoms with Gasteiger partial charge in [0.1, 0.15) is 0 Å². The summed E-state index contributed by atoms with van der Waals surface area (Å²) in [6, 6.07) is 6.23. The van der Waals surface area contributed by atoms with Gasteiger partial charge in [-0.25, -0.2) is 9.97 Å². The monoisotopic (exact) mass is 520 g/mol. The summed E-state index contributed by atoms with van der Waals surface area (Å²) >= 11 is 5.88. The molecule has 0 radical (unpaired) electrons. The van der Waals surface area contributed by atoms with E-state index in [4.69, 9.17) is 23.1 Å². The van der Waals surface area contributed by atoms with Crippen molar-refractivity contribution in [1.82, 2.24) is 25.5 Å². The van der Waals surface area contributed by atoms with Gasteiger partial charge in [0.25, 0.3) is 5.91 Å². The highest BCUT2D eigenvalue weighted by molar-refractivity contribution is 6.31. The molecule has 37 heavy (non-hydrogen) atoms. The van der Waals surface area contributed by atoms with Gasteiger partial charge in [-0.2, -0.15) is 4.99 Å². The molecule has 11 heteroatoms. The molecule has 4 aliphatic rings. The van der Waals surface area contributed by atoms with Gasteiger partial charge in [-0.3, -0.25) is 9.59 Å². The summed E-state index contributed by atoms with van der Waals surface area (Å²) in [7, 11) is 0. The number of amides is 2. The molecule has 10 nitrogen and oxygen atoms in total. The van der Waals surface area contributed by atoms with Crippen molar-refractivity contribution in [2.75, 3.05) is 31.1 Å². The first-order chi connectivity index (χ1) is 17.8. The predicted molar refractivity (Wildman–Crippen MR) is 142 cm³/mol. The Bertz CT molecular complexity index is 1380. The number of fused-ring (bicyclic) bond motifs is 2. The minimum absolute atomic E-state index is 0.0449. The fourth-order valence-electron chi connectivity index (χ4n) is 5.90. The topological polar surface area (TPSA) is 152 Å². The fraction of sp³-hybridized carbons (Fsp3) is 0.423. The first-order valence-corrected chi connectivity index (χ1v) is 13.1. The molecule has 2 fully saturated rings. The summed E-state index contributed by atoms with van der Waals surface area (Å²) in [6.07, 6.45) is 7.33. The Morgan fingerprint density at radius 2 is 1.86 bits per heavy atom. The lowest BCUT2D eigenvalue weighted by Crippen LogP contribution is -2.53. The summed E-state index contributed by atoms with van der Waals surface area (Å²) in [5.41, 5.74) is 17.4. The maximum absolute atomic E-state index is 13.4. The molecule has 1 aromatic heterocycles. The number of allylic oxidation sites excluding steroid dienone is 2. The van der Waals surface area contributed by atoms with Crippen LogP contribution in [-0.2, 0) is 6.42 Å². The molecule has 1 aromatic carbocycles. The number of anilines is 2. The average Bonchev–Trinajstić information content (AvgIpc) is 3.46. The van der Waals surface area contributed by atoms with E-state index in [1.54, 1.807) is 5.57 Å². The highest BCUT2D eigenvalue weighted by atomic mass is 35.5. The van der Waals surface area contributed by atoms with Crippen molar-refractivity contribution in [1.29, 1.82) is 0 Å². The lowest BCUT2D eigenvalue weighted by molar-refractivity contribution is 0.0669. The summed E-state index contributed by atoms with van der Waals surface area (Å²) in [5, 5.41) is 6.40. The number of hydrogen-bond donors (Lipinski definition) is 4. The molecule has 192 valence electrons. The lowest BCUT2D eigenvalue weighted by atomic mass is 9.88. The summed E-state index contributed by atoms with van der Waals surface area (Å²) in [6.45, 7) is 1.83. The zero-order chi connectivity index (χ0) is 25.7. The van der Waals surface area contributed by atoms with Crippen LogP contribution in [0.2, 0.25) is 5.15 Å². The highest BCUT2D eigenvalue weighted by Gasteiger charge is 2.41. The third-order valence-corrected chi connectivity index (χ3v) is 8.25. The largest absolute Gasteiger partial charge is 0.382 e. The van der Waals surface area contributed by atoms with Crippen molar-refractivity contribution >= 4 is 46.6 Å². The van der Waals surface area contributed by atoms with Crippen LogP contribution in [0, 0.1) is 0 Å². The van der Waals surface area contributed by atoms with E-state index in [-0.39, 0.29) is 33.9 Å². The van der Waals surface area contributed by atoms with E-state index < -0.39 is 5.91 Å². The molecule has 2 amide bonds. The Hall–Kier alpha value is -3.66. The number of piperidine rings is 1. The second-order valence-electron chi connectivity index (χ2n) is 10.3. The first kappa shape index (κ1) is 23.7. The average molecular weight is 521 g/mol. The molecule has 6 rings (SSSR count). The number of carbonyl (C=O) groups excluding carboxylic acids is 2. The summed E-state index contributed by atoms with van der Waals surface area (Å²) in [4.78, 5) is 39.7. The number of guanidine groups is 1. The number of aliphatic imine (C=N–C) groups is 1. The maximum Gasteiger partial charge on any atom is 0.302 e. The van der Waals surface area contributed by atoms with Gasteiger partial charge >= 0.3 is 5.91 Å². The Morgan fingerprint density at radius 3 is 2.68 bits per heavy atom. The Balaban J connectivity index is 1.11. The van der Waals surface area contributed by atoms with Crippen LogP contribution in [-0.4, -0.2) is 57.8 Å². The van der Waals surface area contributed by atoms with Gasteiger partial charge in [-0.1, -0.05) is 23.2 Å². The van der Waals surface area contributed by atoms with Crippen LogP contribution >= 0.6 is 11.6 Å². The number of halogens is 1. The van der Waals surface area contributed by atoms with Crippen molar-refractivity contribution in [3.63, 3.8) is 0 Å². The Morgan fingerprint density at radius 1 is 1.08 bits per heavy atom. The van der Waals surface area contributed by atoms with Crippen LogP contribution in [0.3, 0.4) is 0 Å². The number of rotatable bonds is 2. The number of likely N-dealkylation sites (tertiary alicyclic amines) is 1. The number of hydrogen-bond acceptors (Lipinski definition) is 6. The lowest BCUT2D eigenvalue weighted by Gasteiger charge is -2.38. The number of nitrogens with two attached hydrogens (primary N) is 2. The van der Waals surface area contributed by atoms with Gasteiger partial charge in [0.2, 0.25) is 0 Å². The van der Waals surface area contributed by atoms with Gasteiger partial charge in [0.15, 0.2) is 28.4 Å². The van der Waals surface area contributed by atoms with E-state index in [2.05, 4.69) is 37.7 Å². The van der Waals surface area contributed by atoms with Crippen molar-refractivity contribution < 1.29 is 9.59 Å². The van der Waals surface area contributed by atoms with Gasteiger partial charge in [-0.15, -0.1) is 0 Å². The second kappa shape index (κ2) is 9.02. The molecule has 0 saturated carbocycles. The third-order valence-electron chi connectivity index (χ3n) is 7.97. The minimum atomic E-state index is -0.667. The SMILES string of the molecule is Nc1nc(N)c(C(=O)/N=C2\NCC3(CCN(C(=O)c4ccc5c(c4)C4=C(CCCC4)C5)CC3)N2)nc1Cl. The molecule has 6 N–H and O–H groups in total.